The molecule has 1 saturated carbocycles. The van der Waals surface area contributed by atoms with E-state index in [9.17, 15) is 31.1 Å². The molecule has 0 spiro atoms. The number of Topliss-reactive ketones (excluding diaryl/α,β-unsaturated/α-hetero) is 1. The summed E-state index contributed by atoms with van der Waals surface area (Å²) in [4.78, 5) is 17.9. The van der Waals surface area contributed by atoms with Gasteiger partial charge in [-0.2, -0.15) is 26.3 Å². The van der Waals surface area contributed by atoms with Gasteiger partial charge < -0.3 is 4.90 Å². The highest BCUT2D eigenvalue weighted by molar-refractivity contribution is 6.03. The predicted octanol–water partition coefficient (Wildman–Crippen LogP) is 7.37. The molecule has 0 aromatic carbocycles. The SMILES string of the molecule is CCCCN1C(CCC2CCCCC2)=NC(C(F)(F)F)(C(F)(F)F)C2=C1CC(C)(C)CC2=O. The number of hydrogen-bond acceptors (Lipinski definition) is 3. The van der Waals surface area contributed by atoms with Crippen LogP contribution in [0, 0.1) is 11.3 Å². The van der Waals surface area contributed by atoms with Crippen LogP contribution in [0.2, 0.25) is 0 Å². The molecule has 3 nitrogen and oxygen atoms in total. The van der Waals surface area contributed by atoms with Gasteiger partial charge in [-0.1, -0.05) is 59.3 Å². The van der Waals surface area contributed by atoms with Crippen LogP contribution in [0.1, 0.15) is 91.4 Å². The number of nitrogens with zero attached hydrogens (tertiary/aromatic N) is 2. The summed E-state index contributed by atoms with van der Waals surface area (Å²) in [6.07, 6.45) is -5.02. The van der Waals surface area contributed by atoms with Gasteiger partial charge in [-0.25, -0.2) is 4.99 Å². The van der Waals surface area contributed by atoms with E-state index in [0.29, 0.717) is 12.8 Å². The van der Waals surface area contributed by atoms with Gasteiger partial charge in [0.1, 0.15) is 5.84 Å². The second-order valence-electron chi connectivity index (χ2n) is 10.5. The van der Waals surface area contributed by atoms with Crippen molar-refractivity contribution in [3.05, 3.63) is 11.3 Å². The zero-order valence-electron chi connectivity index (χ0n) is 19.6. The Labute approximate surface area is 191 Å². The van der Waals surface area contributed by atoms with Crippen LogP contribution in [-0.4, -0.2) is 41.0 Å². The molecule has 0 radical (unpaired) electrons. The average molecular weight is 481 g/mol. The Balaban J connectivity index is 2.16. The van der Waals surface area contributed by atoms with Crippen LogP contribution in [0.15, 0.2) is 16.3 Å². The van der Waals surface area contributed by atoms with Crippen molar-refractivity contribution in [2.75, 3.05) is 6.54 Å². The maximum atomic E-state index is 14.3. The van der Waals surface area contributed by atoms with Gasteiger partial charge >= 0.3 is 12.4 Å². The average Bonchev–Trinajstić information content (AvgIpc) is 2.68. The number of hydrogen-bond donors (Lipinski definition) is 0. The molecule has 0 saturated heterocycles. The summed E-state index contributed by atoms with van der Waals surface area (Å²) in [5.41, 5.74) is -6.56. The van der Waals surface area contributed by atoms with E-state index in [4.69, 9.17) is 0 Å². The summed E-state index contributed by atoms with van der Waals surface area (Å²) in [6, 6.07) is 0. The van der Waals surface area contributed by atoms with E-state index >= 15 is 0 Å². The van der Waals surface area contributed by atoms with Crippen LogP contribution in [0.5, 0.6) is 0 Å². The first-order chi connectivity index (χ1) is 15.2. The normalized spacial score (nSPS) is 24.1. The number of alkyl halides is 6. The second kappa shape index (κ2) is 9.25. The number of rotatable bonds is 6. The highest BCUT2D eigenvalue weighted by Crippen LogP contribution is 2.57. The maximum Gasteiger partial charge on any atom is 0.427 e. The number of halogens is 6. The summed E-state index contributed by atoms with van der Waals surface area (Å²) in [6.45, 7) is 5.59. The Morgan fingerprint density at radius 3 is 2.15 bits per heavy atom. The second-order valence-corrected chi connectivity index (χ2v) is 10.5. The van der Waals surface area contributed by atoms with Crippen LogP contribution in [-0.2, 0) is 4.79 Å². The molecule has 1 heterocycles. The first kappa shape index (κ1) is 26.1. The molecule has 0 bridgehead atoms. The molecule has 1 aliphatic heterocycles. The van der Waals surface area contributed by atoms with Crippen LogP contribution < -0.4 is 0 Å². The topological polar surface area (TPSA) is 32.7 Å². The first-order valence-electron chi connectivity index (χ1n) is 12.0. The lowest BCUT2D eigenvalue weighted by Gasteiger charge is -2.48. The van der Waals surface area contributed by atoms with E-state index in [1.54, 1.807) is 13.8 Å². The molecule has 188 valence electrons. The van der Waals surface area contributed by atoms with Gasteiger partial charge in [0, 0.05) is 25.1 Å². The van der Waals surface area contributed by atoms with Crippen molar-refractivity contribution in [2.24, 2.45) is 16.3 Å². The van der Waals surface area contributed by atoms with E-state index in [2.05, 4.69) is 4.99 Å². The van der Waals surface area contributed by atoms with Gasteiger partial charge in [0.2, 0.25) is 0 Å². The van der Waals surface area contributed by atoms with Gasteiger partial charge in [-0.15, -0.1) is 0 Å². The van der Waals surface area contributed by atoms with Crippen molar-refractivity contribution in [2.45, 2.75) is 109 Å². The Kier molecular flexibility index (Phi) is 7.31. The number of unbranched alkanes of at least 4 members (excludes halogenated alkanes) is 1. The molecule has 0 unspecified atom stereocenters. The summed E-state index contributed by atoms with van der Waals surface area (Å²) in [5, 5.41) is 0. The number of aliphatic imine (C=N–C) groups is 1. The fourth-order valence-electron chi connectivity index (χ4n) is 5.55. The molecular weight excluding hydrogens is 446 g/mol. The number of carbonyl (C=O) groups excluding carboxylic acids is 1. The lowest BCUT2D eigenvalue weighted by atomic mass is 9.69. The molecule has 0 N–H and O–H groups in total. The molecule has 0 amide bonds. The Bertz CT molecular complexity index is 789. The standard InChI is InChI=1S/C24H34F6N2O/c1-4-5-13-32-17-14-21(2,3)15-18(33)20(17)22(23(25,26)27,24(28,29)30)31-19(32)12-11-16-9-7-6-8-10-16/h16H,4-15H2,1-3H3. The van der Waals surface area contributed by atoms with E-state index in [0.717, 1.165) is 38.5 Å². The summed E-state index contributed by atoms with van der Waals surface area (Å²) < 4.78 is 86.1. The van der Waals surface area contributed by atoms with Crippen molar-refractivity contribution >= 4 is 11.6 Å². The lowest BCUT2D eigenvalue weighted by molar-refractivity contribution is -0.283. The minimum absolute atomic E-state index is 0.0197. The van der Waals surface area contributed by atoms with Gasteiger partial charge in [0.05, 0.1) is 5.57 Å². The highest BCUT2D eigenvalue weighted by atomic mass is 19.4. The van der Waals surface area contributed by atoms with E-state index in [1.165, 1.54) is 4.90 Å². The third-order valence-electron chi connectivity index (χ3n) is 7.21. The Morgan fingerprint density at radius 1 is 1.00 bits per heavy atom. The molecular formula is C24H34F6N2O. The van der Waals surface area contributed by atoms with Gasteiger partial charge in [0.15, 0.2) is 5.78 Å². The molecule has 1 fully saturated rings. The van der Waals surface area contributed by atoms with Gasteiger partial charge in [0.25, 0.3) is 5.54 Å². The summed E-state index contributed by atoms with van der Waals surface area (Å²) in [7, 11) is 0. The fraction of sp³-hybridized carbons (Fsp3) is 0.833. The number of allylic oxidation sites excluding steroid dienone is 1. The van der Waals surface area contributed by atoms with E-state index in [-0.39, 0.29) is 43.3 Å². The minimum Gasteiger partial charge on any atom is -0.333 e. The van der Waals surface area contributed by atoms with Crippen molar-refractivity contribution in [3.63, 3.8) is 0 Å². The zero-order valence-corrected chi connectivity index (χ0v) is 19.6. The molecule has 3 aliphatic rings. The zero-order chi connectivity index (χ0) is 24.7. The molecule has 0 aromatic rings. The Hall–Kier alpha value is -1.54. The fourth-order valence-corrected chi connectivity index (χ4v) is 5.55. The number of ketones is 1. The van der Waals surface area contributed by atoms with E-state index < -0.39 is 34.7 Å². The smallest absolute Gasteiger partial charge is 0.333 e. The monoisotopic (exact) mass is 480 g/mol. The van der Waals surface area contributed by atoms with Crippen LogP contribution in [0.4, 0.5) is 26.3 Å². The quantitative estimate of drug-likeness (QED) is 0.372. The third-order valence-corrected chi connectivity index (χ3v) is 7.21. The highest BCUT2D eigenvalue weighted by Gasteiger charge is 2.76. The molecule has 0 aromatic heterocycles. The van der Waals surface area contributed by atoms with Crippen molar-refractivity contribution in [1.82, 2.24) is 4.90 Å². The maximum absolute atomic E-state index is 14.3. The number of amidine groups is 1. The predicted molar refractivity (Wildman–Crippen MR) is 115 cm³/mol. The number of carbonyl (C=O) groups is 1. The van der Waals surface area contributed by atoms with E-state index in [1.807, 2.05) is 6.92 Å². The summed E-state index contributed by atoms with van der Waals surface area (Å²) in [5.74, 6) is -0.999. The summed E-state index contributed by atoms with van der Waals surface area (Å²) >= 11 is 0. The van der Waals surface area contributed by atoms with Crippen molar-refractivity contribution in [3.8, 4) is 0 Å². The van der Waals surface area contributed by atoms with Crippen LogP contribution in [0.25, 0.3) is 0 Å². The first-order valence-corrected chi connectivity index (χ1v) is 12.0. The van der Waals surface area contributed by atoms with Crippen molar-refractivity contribution in [1.29, 1.82) is 0 Å². The minimum atomic E-state index is -5.77. The molecule has 9 heteroatoms. The van der Waals surface area contributed by atoms with Gasteiger partial charge in [-0.3, -0.25) is 4.79 Å². The Morgan fingerprint density at radius 2 is 1.61 bits per heavy atom. The lowest BCUT2D eigenvalue weighted by Crippen LogP contribution is -2.63. The molecule has 3 rings (SSSR count). The van der Waals surface area contributed by atoms with Gasteiger partial charge in [-0.05, 0) is 30.6 Å². The molecule has 0 atom stereocenters. The molecule has 33 heavy (non-hydrogen) atoms. The van der Waals surface area contributed by atoms with Crippen molar-refractivity contribution < 1.29 is 31.1 Å². The molecule has 2 aliphatic carbocycles. The third kappa shape index (κ3) is 4.97. The van der Waals surface area contributed by atoms with Crippen LogP contribution >= 0.6 is 0 Å². The van der Waals surface area contributed by atoms with Crippen LogP contribution in [0.3, 0.4) is 0 Å². The largest absolute Gasteiger partial charge is 0.427 e.